The van der Waals surface area contributed by atoms with Crippen molar-refractivity contribution in [1.82, 2.24) is 10.2 Å². The minimum absolute atomic E-state index is 0.168. The molecule has 1 heterocycles. The molecule has 7 heteroatoms. The average molecular weight is 371 g/mol. The van der Waals surface area contributed by atoms with Crippen molar-refractivity contribution >= 4 is 17.5 Å². The summed E-state index contributed by atoms with van der Waals surface area (Å²) in [6.07, 6.45) is 0.867. The molecule has 1 aliphatic heterocycles. The highest BCUT2D eigenvalue weighted by Gasteiger charge is 2.17. The number of hydrogen-bond acceptors (Lipinski definition) is 5. The quantitative estimate of drug-likeness (QED) is 0.724. The Hall–Kier alpha value is -1.50. The zero-order chi connectivity index (χ0) is 18.1. The number of nitrogens with one attached hydrogen (secondary N) is 1. The van der Waals surface area contributed by atoms with Crippen molar-refractivity contribution in [3.05, 3.63) is 22.7 Å². The predicted molar refractivity (Wildman–Crippen MR) is 98.0 cm³/mol. The van der Waals surface area contributed by atoms with Gasteiger partial charge in [0, 0.05) is 31.7 Å². The maximum absolute atomic E-state index is 12.4. The Labute approximate surface area is 154 Å². The molecule has 6 nitrogen and oxygen atoms in total. The molecule has 0 aliphatic carbocycles. The first-order valence-corrected chi connectivity index (χ1v) is 9.21. The van der Waals surface area contributed by atoms with E-state index in [1.807, 2.05) is 13.8 Å². The molecule has 0 saturated carbocycles. The molecule has 140 valence electrons. The first-order valence-electron chi connectivity index (χ1n) is 8.83. The van der Waals surface area contributed by atoms with E-state index in [-0.39, 0.29) is 5.91 Å². The fourth-order valence-corrected chi connectivity index (χ4v) is 2.83. The summed E-state index contributed by atoms with van der Waals surface area (Å²) in [5, 5.41) is 3.32. The molecule has 0 spiro atoms. The van der Waals surface area contributed by atoms with Gasteiger partial charge in [-0.1, -0.05) is 18.5 Å². The van der Waals surface area contributed by atoms with Crippen LogP contribution in [0.1, 0.15) is 30.6 Å². The van der Waals surface area contributed by atoms with Gasteiger partial charge in [-0.15, -0.1) is 0 Å². The Morgan fingerprint density at radius 1 is 1.28 bits per heavy atom. The van der Waals surface area contributed by atoms with E-state index in [0.717, 1.165) is 39.3 Å². The lowest BCUT2D eigenvalue weighted by Crippen LogP contribution is -2.41. The lowest BCUT2D eigenvalue weighted by molar-refractivity contribution is 0.0383. The summed E-state index contributed by atoms with van der Waals surface area (Å²) < 4.78 is 16.6. The summed E-state index contributed by atoms with van der Waals surface area (Å²) in [7, 11) is 0. The minimum atomic E-state index is -0.168. The molecule has 1 amide bonds. The van der Waals surface area contributed by atoms with E-state index in [2.05, 4.69) is 10.2 Å². The van der Waals surface area contributed by atoms with Gasteiger partial charge >= 0.3 is 0 Å². The lowest BCUT2D eigenvalue weighted by Gasteiger charge is -2.26. The average Bonchev–Trinajstić information content (AvgIpc) is 2.62. The van der Waals surface area contributed by atoms with Gasteiger partial charge in [0.1, 0.15) is 0 Å². The Bertz CT molecular complexity index is 562. The van der Waals surface area contributed by atoms with Crippen LogP contribution in [0.15, 0.2) is 12.1 Å². The van der Waals surface area contributed by atoms with Crippen LogP contribution in [0.3, 0.4) is 0 Å². The topological polar surface area (TPSA) is 60.0 Å². The van der Waals surface area contributed by atoms with E-state index >= 15 is 0 Å². The standard InChI is InChI=1S/C18H27ClN2O4/c1-3-9-25-17-15(19)12-14(13-16(17)24-4-2)18(22)20-5-6-21-7-10-23-11-8-21/h12-13H,3-11H2,1-2H3,(H,20,22). The smallest absolute Gasteiger partial charge is 0.251 e. The Morgan fingerprint density at radius 2 is 2.04 bits per heavy atom. The first-order chi connectivity index (χ1) is 12.2. The van der Waals surface area contributed by atoms with E-state index in [9.17, 15) is 4.79 Å². The van der Waals surface area contributed by atoms with Crippen molar-refractivity contribution in [1.29, 1.82) is 0 Å². The van der Waals surface area contributed by atoms with Crippen LogP contribution in [0.4, 0.5) is 0 Å². The van der Waals surface area contributed by atoms with Crippen molar-refractivity contribution in [3.8, 4) is 11.5 Å². The predicted octanol–water partition coefficient (Wildman–Crippen LogP) is 2.59. The van der Waals surface area contributed by atoms with Gasteiger partial charge in [-0.2, -0.15) is 0 Å². The second-order valence-corrected chi connectivity index (χ2v) is 6.18. The third-order valence-corrected chi connectivity index (χ3v) is 4.12. The molecule has 0 unspecified atom stereocenters. The van der Waals surface area contributed by atoms with Gasteiger partial charge in [0.15, 0.2) is 11.5 Å². The maximum Gasteiger partial charge on any atom is 0.251 e. The van der Waals surface area contributed by atoms with Crippen molar-refractivity contribution in [2.24, 2.45) is 0 Å². The van der Waals surface area contributed by atoms with Crippen molar-refractivity contribution in [3.63, 3.8) is 0 Å². The minimum Gasteiger partial charge on any atom is -0.490 e. The molecule has 1 aliphatic rings. The van der Waals surface area contributed by atoms with Gasteiger partial charge < -0.3 is 19.5 Å². The SMILES string of the molecule is CCCOc1c(Cl)cc(C(=O)NCCN2CCOCC2)cc1OCC. The van der Waals surface area contributed by atoms with Gasteiger partial charge in [0.25, 0.3) is 5.91 Å². The van der Waals surface area contributed by atoms with E-state index < -0.39 is 0 Å². The molecule has 0 bridgehead atoms. The van der Waals surface area contributed by atoms with Crippen molar-refractivity contribution in [2.45, 2.75) is 20.3 Å². The number of morpholine rings is 1. The van der Waals surface area contributed by atoms with Gasteiger partial charge in [0.2, 0.25) is 0 Å². The van der Waals surface area contributed by atoms with Crippen LogP contribution >= 0.6 is 11.6 Å². The van der Waals surface area contributed by atoms with E-state index in [1.165, 1.54) is 0 Å². The number of ether oxygens (including phenoxy) is 3. The summed E-state index contributed by atoms with van der Waals surface area (Å²) >= 11 is 6.30. The van der Waals surface area contributed by atoms with Gasteiger partial charge in [0.05, 0.1) is 31.5 Å². The Kier molecular flexibility index (Phi) is 8.31. The summed E-state index contributed by atoms with van der Waals surface area (Å²) in [6.45, 7) is 9.61. The van der Waals surface area contributed by atoms with Crippen LogP contribution in [-0.2, 0) is 4.74 Å². The maximum atomic E-state index is 12.4. The number of halogens is 1. The lowest BCUT2D eigenvalue weighted by atomic mass is 10.2. The number of benzene rings is 1. The normalized spacial score (nSPS) is 15.0. The second kappa shape index (κ2) is 10.5. The molecular formula is C18H27ClN2O4. The largest absolute Gasteiger partial charge is 0.490 e. The van der Waals surface area contributed by atoms with Crippen LogP contribution in [0, 0.1) is 0 Å². The summed E-state index contributed by atoms with van der Waals surface area (Å²) in [6, 6.07) is 3.31. The first kappa shape index (κ1) is 19.8. The van der Waals surface area contributed by atoms with Crippen LogP contribution in [0.25, 0.3) is 0 Å². The summed E-state index contributed by atoms with van der Waals surface area (Å²) in [4.78, 5) is 14.7. The third-order valence-electron chi connectivity index (χ3n) is 3.84. The van der Waals surface area contributed by atoms with E-state index in [4.69, 9.17) is 25.8 Å². The number of rotatable bonds is 9. The van der Waals surface area contributed by atoms with E-state index in [1.54, 1.807) is 12.1 Å². The van der Waals surface area contributed by atoms with E-state index in [0.29, 0.717) is 41.8 Å². The fraction of sp³-hybridized carbons (Fsp3) is 0.611. The Morgan fingerprint density at radius 3 is 2.72 bits per heavy atom. The van der Waals surface area contributed by atoms with Crippen LogP contribution in [0.5, 0.6) is 11.5 Å². The number of carbonyl (C=O) groups excluding carboxylic acids is 1. The highest BCUT2D eigenvalue weighted by Crippen LogP contribution is 2.36. The molecule has 1 aromatic rings. The monoisotopic (exact) mass is 370 g/mol. The third kappa shape index (κ3) is 6.06. The molecule has 1 aromatic carbocycles. The fourth-order valence-electron chi connectivity index (χ4n) is 2.56. The van der Waals surface area contributed by atoms with Gasteiger partial charge in [-0.3, -0.25) is 9.69 Å². The molecule has 1 saturated heterocycles. The highest BCUT2D eigenvalue weighted by atomic mass is 35.5. The highest BCUT2D eigenvalue weighted by molar-refractivity contribution is 6.32. The molecular weight excluding hydrogens is 344 g/mol. The van der Waals surface area contributed by atoms with Crippen LogP contribution in [0.2, 0.25) is 5.02 Å². The Balaban J connectivity index is 1.97. The molecule has 1 fully saturated rings. The van der Waals surface area contributed by atoms with Crippen LogP contribution < -0.4 is 14.8 Å². The summed E-state index contributed by atoms with van der Waals surface area (Å²) in [5.41, 5.74) is 0.472. The number of hydrogen-bond donors (Lipinski definition) is 1. The summed E-state index contributed by atoms with van der Waals surface area (Å²) in [5.74, 6) is 0.829. The van der Waals surface area contributed by atoms with Gasteiger partial charge in [-0.05, 0) is 25.5 Å². The number of nitrogens with zero attached hydrogens (tertiary/aromatic N) is 1. The zero-order valence-electron chi connectivity index (χ0n) is 15.0. The zero-order valence-corrected chi connectivity index (χ0v) is 15.7. The molecule has 0 atom stereocenters. The van der Waals surface area contributed by atoms with Crippen LogP contribution in [-0.4, -0.2) is 63.4 Å². The number of carbonyl (C=O) groups is 1. The molecule has 1 N–H and O–H groups in total. The molecule has 0 radical (unpaired) electrons. The molecule has 25 heavy (non-hydrogen) atoms. The van der Waals surface area contributed by atoms with Crippen molar-refractivity contribution < 1.29 is 19.0 Å². The molecule has 0 aromatic heterocycles. The van der Waals surface area contributed by atoms with Gasteiger partial charge in [-0.25, -0.2) is 0 Å². The van der Waals surface area contributed by atoms with Crippen molar-refractivity contribution in [2.75, 3.05) is 52.6 Å². The molecule has 2 rings (SSSR count). The second-order valence-electron chi connectivity index (χ2n) is 5.78. The number of amides is 1.